The Morgan fingerprint density at radius 3 is 2.33 bits per heavy atom. The summed E-state index contributed by atoms with van der Waals surface area (Å²) in [7, 11) is -3.55. The minimum Gasteiger partial charge on any atom is -0.325 e. The highest BCUT2D eigenvalue weighted by Crippen LogP contribution is 2.23. The molecule has 1 aromatic carbocycles. The van der Waals surface area contributed by atoms with Crippen LogP contribution in [0, 0.1) is 6.92 Å². The number of aryl methyl sites for hydroxylation is 1. The van der Waals surface area contributed by atoms with Crippen LogP contribution in [0.4, 0.5) is 5.69 Å². The molecule has 0 saturated carbocycles. The lowest BCUT2D eigenvalue weighted by Gasteiger charge is -2.20. The fourth-order valence-corrected chi connectivity index (χ4v) is 3.58. The number of nitrogens with two attached hydrogens (primary N) is 1. The third kappa shape index (κ3) is 4.67. The largest absolute Gasteiger partial charge is 0.325 e. The summed E-state index contributed by atoms with van der Waals surface area (Å²) in [5, 5.41) is 2.56. The topological polar surface area (TPSA) is 92.5 Å². The summed E-state index contributed by atoms with van der Waals surface area (Å²) < 4.78 is 26.4. The molecule has 1 amide bonds. The van der Waals surface area contributed by atoms with E-state index in [1.54, 1.807) is 32.9 Å². The second-order valence-corrected chi connectivity index (χ2v) is 6.23. The van der Waals surface area contributed by atoms with E-state index in [1.807, 2.05) is 0 Å². The van der Waals surface area contributed by atoms with Crippen LogP contribution in [-0.4, -0.2) is 38.3 Å². The van der Waals surface area contributed by atoms with E-state index in [-0.39, 0.29) is 29.8 Å². The summed E-state index contributed by atoms with van der Waals surface area (Å²) in [4.78, 5) is 11.5. The molecule has 3 N–H and O–H groups in total. The Balaban J connectivity index is 0.00000400. The molecule has 0 spiro atoms. The number of amides is 1. The van der Waals surface area contributed by atoms with Gasteiger partial charge in [0, 0.05) is 18.8 Å². The van der Waals surface area contributed by atoms with E-state index in [1.165, 1.54) is 10.4 Å². The molecule has 21 heavy (non-hydrogen) atoms. The zero-order valence-corrected chi connectivity index (χ0v) is 14.1. The number of halogens is 1. The average Bonchev–Trinajstić information content (AvgIpc) is 2.41. The van der Waals surface area contributed by atoms with Gasteiger partial charge < -0.3 is 11.1 Å². The Kier molecular flexibility index (Phi) is 7.87. The summed E-state index contributed by atoms with van der Waals surface area (Å²) in [5.74, 6) is -0.361. The van der Waals surface area contributed by atoms with Crippen molar-refractivity contribution >= 4 is 34.0 Å². The van der Waals surface area contributed by atoms with Gasteiger partial charge in [-0.05, 0) is 24.6 Å². The molecule has 0 bridgehead atoms. The second-order valence-electron chi connectivity index (χ2n) is 4.32. The Bertz CT molecular complexity index is 586. The number of sulfonamides is 1. The van der Waals surface area contributed by atoms with Gasteiger partial charge in [-0.2, -0.15) is 4.31 Å². The first-order valence-electron chi connectivity index (χ1n) is 6.47. The molecule has 0 unspecified atom stereocenters. The quantitative estimate of drug-likeness (QED) is 0.820. The van der Waals surface area contributed by atoms with Crippen LogP contribution < -0.4 is 11.1 Å². The zero-order valence-electron chi connectivity index (χ0n) is 12.4. The minimum absolute atomic E-state index is 0. The lowest BCUT2D eigenvalue weighted by Crippen LogP contribution is -2.31. The number of benzene rings is 1. The number of nitrogens with zero attached hydrogens (tertiary/aromatic N) is 1. The van der Waals surface area contributed by atoms with Gasteiger partial charge in [-0.1, -0.05) is 19.9 Å². The van der Waals surface area contributed by atoms with Gasteiger partial charge in [0.25, 0.3) is 0 Å². The van der Waals surface area contributed by atoms with E-state index >= 15 is 0 Å². The molecule has 1 rings (SSSR count). The predicted octanol–water partition coefficient (Wildman–Crippen LogP) is 1.34. The second kappa shape index (κ2) is 8.33. The predicted molar refractivity (Wildman–Crippen MR) is 86.2 cm³/mol. The van der Waals surface area contributed by atoms with Crippen LogP contribution in [0.1, 0.15) is 19.4 Å². The first kappa shape index (κ1) is 19.9. The molecular formula is C13H22ClN3O3S. The molecule has 0 aliphatic rings. The van der Waals surface area contributed by atoms with Crippen molar-refractivity contribution in [2.45, 2.75) is 25.7 Å². The fraction of sp³-hybridized carbons (Fsp3) is 0.462. The lowest BCUT2D eigenvalue weighted by atomic mass is 10.2. The first-order valence-corrected chi connectivity index (χ1v) is 7.91. The molecule has 0 atom stereocenters. The molecule has 1 aromatic rings. The molecule has 0 heterocycles. The summed E-state index contributed by atoms with van der Waals surface area (Å²) >= 11 is 0. The standard InChI is InChI=1S/C13H21N3O3S.ClH/c1-4-16(5-2)20(18,19)12-8-11(7-6-10(12)3)15-13(17)9-14;/h6-8H,4-5,9,14H2,1-3H3,(H,15,17);1H. The van der Waals surface area contributed by atoms with E-state index in [0.717, 1.165) is 0 Å². The maximum absolute atomic E-state index is 12.5. The van der Waals surface area contributed by atoms with Gasteiger partial charge in [-0.15, -0.1) is 12.4 Å². The Labute approximate surface area is 132 Å². The van der Waals surface area contributed by atoms with Crippen molar-refractivity contribution in [2.24, 2.45) is 5.73 Å². The molecule has 0 fully saturated rings. The molecule has 0 aliphatic heterocycles. The Morgan fingerprint density at radius 1 is 1.29 bits per heavy atom. The molecule has 8 heteroatoms. The van der Waals surface area contributed by atoms with Crippen molar-refractivity contribution < 1.29 is 13.2 Å². The van der Waals surface area contributed by atoms with Crippen molar-refractivity contribution in [3.05, 3.63) is 23.8 Å². The number of rotatable bonds is 6. The van der Waals surface area contributed by atoms with Crippen molar-refractivity contribution in [3.8, 4) is 0 Å². The van der Waals surface area contributed by atoms with E-state index in [4.69, 9.17) is 5.73 Å². The van der Waals surface area contributed by atoms with Gasteiger partial charge in [-0.25, -0.2) is 8.42 Å². The molecular weight excluding hydrogens is 314 g/mol. The van der Waals surface area contributed by atoms with Gasteiger partial charge in [-0.3, -0.25) is 4.79 Å². The molecule has 6 nitrogen and oxygen atoms in total. The van der Waals surface area contributed by atoms with Crippen LogP contribution in [0.5, 0.6) is 0 Å². The molecule has 0 saturated heterocycles. The van der Waals surface area contributed by atoms with Crippen molar-refractivity contribution in [3.63, 3.8) is 0 Å². The maximum Gasteiger partial charge on any atom is 0.243 e. The van der Waals surface area contributed by atoms with Crippen LogP contribution >= 0.6 is 12.4 Å². The van der Waals surface area contributed by atoms with Gasteiger partial charge in [0.2, 0.25) is 15.9 Å². The normalized spacial score (nSPS) is 11.1. The van der Waals surface area contributed by atoms with E-state index in [0.29, 0.717) is 24.3 Å². The molecule has 0 aromatic heterocycles. The SMILES string of the molecule is CCN(CC)S(=O)(=O)c1cc(NC(=O)CN)ccc1C.Cl. The third-order valence-corrected chi connectivity index (χ3v) is 5.17. The highest BCUT2D eigenvalue weighted by molar-refractivity contribution is 7.89. The Hall–Kier alpha value is -1.15. The molecule has 0 radical (unpaired) electrons. The van der Waals surface area contributed by atoms with Crippen LogP contribution in [0.25, 0.3) is 0 Å². The minimum atomic E-state index is -3.55. The average molecular weight is 336 g/mol. The van der Waals surface area contributed by atoms with Crippen LogP contribution in [0.3, 0.4) is 0 Å². The summed E-state index contributed by atoms with van der Waals surface area (Å²) in [5.41, 5.74) is 6.30. The van der Waals surface area contributed by atoms with E-state index < -0.39 is 10.0 Å². The number of carbonyl (C=O) groups is 1. The summed E-state index contributed by atoms with van der Waals surface area (Å²) in [6, 6.07) is 4.79. The number of carbonyl (C=O) groups excluding carboxylic acids is 1. The van der Waals surface area contributed by atoms with Gasteiger partial charge in [0.05, 0.1) is 11.4 Å². The first-order chi connectivity index (χ1) is 9.36. The number of nitrogens with one attached hydrogen (secondary N) is 1. The van der Waals surface area contributed by atoms with E-state index in [9.17, 15) is 13.2 Å². The number of hydrogen-bond donors (Lipinski definition) is 2. The smallest absolute Gasteiger partial charge is 0.243 e. The number of anilines is 1. The molecule has 120 valence electrons. The van der Waals surface area contributed by atoms with Crippen LogP contribution in [-0.2, 0) is 14.8 Å². The zero-order chi connectivity index (χ0) is 15.3. The summed E-state index contributed by atoms with van der Waals surface area (Å²) in [6.45, 7) is 5.96. The highest BCUT2D eigenvalue weighted by Gasteiger charge is 2.23. The fourth-order valence-electron chi connectivity index (χ4n) is 1.87. The van der Waals surface area contributed by atoms with Crippen LogP contribution in [0.15, 0.2) is 23.1 Å². The lowest BCUT2D eigenvalue weighted by molar-refractivity contribution is -0.114. The number of hydrogen-bond acceptors (Lipinski definition) is 4. The van der Waals surface area contributed by atoms with Crippen molar-refractivity contribution in [2.75, 3.05) is 25.0 Å². The van der Waals surface area contributed by atoms with Crippen molar-refractivity contribution in [1.29, 1.82) is 0 Å². The maximum atomic E-state index is 12.5. The van der Waals surface area contributed by atoms with E-state index in [2.05, 4.69) is 5.32 Å². The van der Waals surface area contributed by atoms with Crippen molar-refractivity contribution in [1.82, 2.24) is 4.31 Å². The highest BCUT2D eigenvalue weighted by atomic mass is 35.5. The Morgan fingerprint density at radius 2 is 1.86 bits per heavy atom. The van der Waals surface area contributed by atoms with Gasteiger partial charge >= 0.3 is 0 Å². The van der Waals surface area contributed by atoms with Gasteiger partial charge in [0.15, 0.2) is 0 Å². The third-order valence-electron chi connectivity index (χ3n) is 2.98. The monoisotopic (exact) mass is 335 g/mol. The summed E-state index contributed by atoms with van der Waals surface area (Å²) in [6.07, 6.45) is 0. The molecule has 0 aliphatic carbocycles. The van der Waals surface area contributed by atoms with Gasteiger partial charge in [0.1, 0.15) is 0 Å². The van der Waals surface area contributed by atoms with Crippen LogP contribution in [0.2, 0.25) is 0 Å².